The summed E-state index contributed by atoms with van der Waals surface area (Å²) in [6, 6.07) is 0. The van der Waals surface area contributed by atoms with Gasteiger partial charge >= 0.3 is 5.97 Å². The highest BCUT2D eigenvalue weighted by Gasteiger charge is 2.45. The number of aryl methyl sites for hydroxylation is 1. The van der Waals surface area contributed by atoms with Gasteiger partial charge in [-0.2, -0.15) is 0 Å². The molecule has 1 amide bonds. The Bertz CT molecular complexity index is 555. The second-order valence-corrected chi connectivity index (χ2v) is 6.79. The van der Waals surface area contributed by atoms with Gasteiger partial charge in [-0.1, -0.05) is 12.8 Å². The van der Waals surface area contributed by atoms with Crippen molar-refractivity contribution >= 4 is 11.9 Å². The van der Waals surface area contributed by atoms with Crippen molar-refractivity contribution in [2.24, 2.45) is 0 Å². The monoisotopic (exact) mass is 305 g/mol. The lowest BCUT2D eigenvalue weighted by atomic mass is 9.97. The third-order valence-electron chi connectivity index (χ3n) is 3.61. The summed E-state index contributed by atoms with van der Waals surface area (Å²) in [7, 11) is 0. The second-order valence-electron chi connectivity index (χ2n) is 6.79. The molecule has 1 heterocycles. The molecule has 0 spiro atoms. The molecule has 6 heteroatoms. The molecule has 1 saturated carbocycles. The molecule has 0 unspecified atom stereocenters. The molecule has 2 rings (SSSR count). The largest absolute Gasteiger partial charge is 0.458 e. The van der Waals surface area contributed by atoms with Crippen LogP contribution in [-0.4, -0.2) is 33.0 Å². The number of nitrogens with zero attached hydrogens (tertiary/aromatic N) is 2. The number of amides is 1. The Labute approximate surface area is 130 Å². The zero-order valence-corrected chi connectivity index (χ0v) is 13.6. The Balaban J connectivity index is 2.16. The molecule has 0 radical (unpaired) electrons. The average Bonchev–Trinajstić information content (AvgIpc) is 2.87. The van der Waals surface area contributed by atoms with Crippen LogP contribution in [0.2, 0.25) is 0 Å². The molecular weight excluding hydrogens is 282 g/mol. The van der Waals surface area contributed by atoms with Crippen LogP contribution in [0.3, 0.4) is 0 Å². The second kappa shape index (κ2) is 6.02. The molecule has 0 saturated heterocycles. The third kappa shape index (κ3) is 3.81. The number of hydrogen-bond donors (Lipinski definition) is 1. The molecule has 120 valence electrons. The number of carbonyl (C=O) groups excluding carboxylic acids is 2. The molecule has 6 nitrogen and oxygen atoms in total. The minimum absolute atomic E-state index is 0.209. The van der Waals surface area contributed by atoms with E-state index < -0.39 is 11.1 Å². The van der Waals surface area contributed by atoms with Crippen LogP contribution in [0.5, 0.6) is 0 Å². The Morgan fingerprint density at radius 2 is 1.82 bits per heavy atom. The number of aromatic nitrogens is 2. The predicted octanol–water partition coefficient (Wildman–Crippen LogP) is 2.17. The van der Waals surface area contributed by atoms with Crippen molar-refractivity contribution in [3.63, 3.8) is 0 Å². The summed E-state index contributed by atoms with van der Waals surface area (Å²) in [6.07, 6.45) is 5.91. The summed E-state index contributed by atoms with van der Waals surface area (Å²) in [5, 5.41) is 2.83. The number of ether oxygens (including phenoxy) is 1. The zero-order valence-electron chi connectivity index (χ0n) is 13.6. The lowest BCUT2D eigenvalue weighted by Gasteiger charge is -2.31. The smallest absolute Gasteiger partial charge is 0.332 e. The van der Waals surface area contributed by atoms with Crippen LogP contribution in [0, 0.1) is 6.92 Å². The van der Waals surface area contributed by atoms with Crippen LogP contribution in [0.25, 0.3) is 0 Å². The number of hydrogen-bond acceptors (Lipinski definition) is 5. The van der Waals surface area contributed by atoms with Crippen LogP contribution in [-0.2, 0) is 9.53 Å². The Morgan fingerprint density at radius 1 is 1.18 bits per heavy atom. The van der Waals surface area contributed by atoms with E-state index >= 15 is 0 Å². The molecule has 1 aliphatic rings. The SMILES string of the molecule is Cc1cnc(C(=O)NC2(C(=O)OC(C)(C)C)CCCC2)cn1. The van der Waals surface area contributed by atoms with Crippen molar-refractivity contribution in [2.45, 2.75) is 64.5 Å². The van der Waals surface area contributed by atoms with Crippen molar-refractivity contribution in [3.8, 4) is 0 Å². The van der Waals surface area contributed by atoms with Gasteiger partial charge in [0.1, 0.15) is 16.8 Å². The van der Waals surface area contributed by atoms with Crippen LogP contribution in [0.15, 0.2) is 12.4 Å². The molecule has 1 aromatic heterocycles. The Hall–Kier alpha value is -1.98. The summed E-state index contributed by atoms with van der Waals surface area (Å²) < 4.78 is 5.49. The van der Waals surface area contributed by atoms with Gasteiger partial charge in [0.2, 0.25) is 0 Å². The van der Waals surface area contributed by atoms with Crippen LogP contribution in [0.4, 0.5) is 0 Å². The number of esters is 1. The molecule has 1 N–H and O–H groups in total. The first kappa shape index (κ1) is 16.4. The molecule has 0 aliphatic heterocycles. The van der Waals surface area contributed by atoms with Gasteiger partial charge in [0, 0.05) is 6.20 Å². The fourth-order valence-electron chi connectivity index (χ4n) is 2.53. The predicted molar refractivity (Wildman–Crippen MR) is 81.3 cm³/mol. The molecule has 1 aliphatic carbocycles. The highest BCUT2D eigenvalue weighted by atomic mass is 16.6. The Kier molecular flexibility index (Phi) is 4.49. The lowest BCUT2D eigenvalue weighted by molar-refractivity contribution is -0.162. The standard InChI is InChI=1S/C16H23N3O3/c1-11-9-18-12(10-17-11)13(20)19-16(7-5-6-8-16)14(21)22-15(2,3)4/h9-10H,5-8H2,1-4H3,(H,19,20). The van der Waals surface area contributed by atoms with Crippen LogP contribution < -0.4 is 5.32 Å². The fraction of sp³-hybridized carbons (Fsp3) is 0.625. The fourth-order valence-corrected chi connectivity index (χ4v) is 2.53. The maximum atomic E-state index is 12.5. The minimum Gasteiger partial charge on any atom is -0.458 e. The summed E-state index contributed by atoms with van der Waals surface area (Å²) in [5.74, 6) is -0.758. The highest BCUT2D eigenvalue weighted by Crippen LogP contribution is 2.32. The molecule has 1 aromatic rings. The van der Waals surface area contributed by atoms with E-state index in [4.69, 9.17) is 4.74 Å². The topological polar surface area (TPSA) is 81.2 Å². The normalized spacial score (nSPS) is 17.1. The van der Waals surface area contributed by atoms with Gasteiger partial charge in [0.25, 0.3) is 5.91 Å². The van der Waals surface area contributed by atoms with Gasteiger partial charge in [-0.05, 0) is 40.5 Å². The zero-order chi connectivity index (χ0) is 16.4. The van der Waals surface area contributed by atoms with Crippen LogP contribution in [0.1, 0.15) is 62.6 Å². The van der Waals surface area contributed by atoms with Gasteiger partial charge in [-0.15, -0.1) is 0 Å². The molecule has 0 bridgehead atoms. The van der Waals surface area contributed by atoms with E-state index in [9.17, 15) is 9.59 Å². The van der Waals surface area contributed by atoms with Gasteiger partial charge in [0.05, 0.1) is 11.9 Å². The van der Waals surface area contributed by atoms with E-state index in [2.05, 4.69) is 15.3 Å². The van der Waals surface area contributed by atoms with Crippen molar-refractivity contribution in [1.29, 1.82) is 0 Å². The summed E-state index contributed by atoms with van der Waals surface area (Å²) >= 11 is 0. The lowest BCUT2D eigenvalue weighted by Crippen LogP contribution is -2.54. The Morgan fingerprint density at radius 3 is 2.32 bits per heavy atom. The first-order valence-corrected chi connectivity index (χ1v) is 7.56. The van der Waals surface area contributed by atoms with E-state index in [1.165, 1.54) is 12.4 Å². The highest BCUT2D eigenvalue weighted by molar-refractivity contribution is 5.96. The molecule has 1 fully saturated rings. The maximum Gasteiger partial charge on any atom is 0.332 e. The van der Waals surface area contributed by atoms with Crippen molar-refractivity contribution in [3.05, 3.63) is 23.8 Å². The molecule has 22 heavy (non-hydrogen) atoms. The first-order chi connectivity index (χ1) is 10.2. The number of nitrogens with one attached hydrogen (secondary N) is 1. The van der Waals surface area contributed by atoms with E-state index in [1.54, 1.807) is 6.92 Å². The van der Waals surface area contributed by atoms with E-state index in [-0.39, 0.29) is 17.6 Å². The van der Waals surface area contributed by atoms with Crippen molar-refractivity contribution < 1.29 is 14.3 Å². The number of rotatable bonds is 3. The summed E-state index contributed by atoms with van der Waals surface area (Å²) in [5.41, 5.74) is -0.586. The van der Waals surface area contributed by atoms with Crippen molar-refractivity contribution in [2.75, 3.05) is 0 Å². The molecule has 0 aromatic carbocycles. The van der Waals surface area contributed by atoms with Crippen molar-refractivity contribution in [1.82, 2.24) is 15.3 Å². The van der Waals surface area contributed by atoms with Gasteiger partial charge in [-0.25, -0.2) is 9.78 Å². The van der Waals surface area contributed by atoms with Gasteiger partial charge in [0.15, 0.2) is 0 Å². The quantitative estimate of drug-likeness (QED) is 0.866. The first-order valence-electron chi connectivity index (χ1n) is 7.56. The summed E-state index contributed by atoms with van der Waals surface area (Å²) in [4.78, 5) is 33.0. The average molecular weight is 305 g/mol. The maximum absolute atomic E-state index is 12.5. The van der Waals surface area contributed by atoms with E-state index in [0.29, 0.717) is 12.8 Å². The third-order valence-corrected chi connectivity index (χ3v) is 3.61. The van der Waals surface area contributed by atoms with Gasteiger partial charge in [-0.3, -0.25) is 9.78 Å². The van der Waals surface area contributed by atoms with Gasteiger partial charge < -0.3 is 10.1 Å². The minimum atomic E-state index is -0.947. The summed E-state index contributed by atoms with van der Waals surface area (Å²) in [6.45, 7) is 7.26. The molecular formula is C16H23N3O3. The van der Waals surface area contributed by atoms with Crippen LogP contribution >= 0.6 is 0 Å². The molecule has 0 atom stereocenters. The van der Waals surface area contributed by atoms with E-state index in [1.807, 2.05) is 20.8 Å². The number of carbonyl (C=O) groups is 2. The van der Waals surface area contributed by atoms with E-state index in [0.717, 1.165) is 18.5 Å².